The Morgan fingerprint density at radius 1 is 0.614 bits per heavy atom. The first kappa shape index (κ1) is 37.1. The Balaban J connectivity index is 2.25. The largest absolute Gasteiger partial charge is 0.478 e. The van der Waals surface area contributed by atoms with Gasteiger partial charge in [-0.15, -0.1) is 0 Å². The summed E-state index contributed by atoms with van der Waals surface area (Å²) in [6.07, 6.45) is 35.0. The van der Waals surface area contributed by atoms with Gasteiger partial charge in [0.25, 0.3) is 0 Å². The number of aliphatic carboxylic acids is 1. The number of allylic oxidation sites excluding steroid dienone is 1. The molecule has 44 heavy (non-hydrogen) atoms. The van der Waals surface area contributed by atoms with Gasteiger partial charge in [0.15, 0.2) is 6.10 Å². The highest BCUT2D eigenvalue weighted by Gasteiger charge is 2.49. The van der Waals surface area contributed by atoms with Crippen molar-refractivity contribution >= 4 is 11.9 Å². The van der Waals surface area contributed by atoms with Crippen LogP contribution in [0.1, 0.15) is 180 Å². The average molecular weight is 617 g/mol. The average Bonchev–Trinajstić information content (AvgIpc) is 3.03. The summed E-state index contributed by atoms with van der Waals surface area (Å²) >= 11 is 0. The van der Waals surface area contributed by atoms with Crippen LogP contribution in [0.25, 0.3) is 0 Å². The van der Waals surface area contributed by atoms with Gasteiger partial charge in [0.2, 0.25) is 0 Å². The summed E-state index contributed by atoms with van der Waals surface area (Å²) in [5, 5.41) is 10.8. The molecule has 0 aromatic carbocycles. The van der Waals surface area contributed by atoms with Crippen molar-refractivity contribution in [3.8, 4) is 0 Å². The molecule has 5 nitrogen and oxygen atoms in total. The van der Waals surface area contributed by atoms with Crippen molar-refractivity contribution in [3.63, 3.8) is 0 Å². The van der Waals surface area contributed by atoms with E-state index in [1.807, 2.05) is 0 Å². The van der Waals surface area contributed by atoms with Crippen LogP contribution in [0.3, 0.4) is 0 Å². The molecular formula is C39H68O5. The molecule has 3 aliphatic carbocycles. The minimum atomic E-state index is -1.19. The molecule has 5 heteroatoms. The summed E-state index contributed by atoms with van der Waals surface area (Å²) in [5.74, 6) is -0.268. The summed E-state index contributed by atoms with van der Waals surface area (Å²) in [7, 11) is 1.47. The van der Waals surface area contributed by atoms with Crippen molar-refractivity contribution in [2.24, 2.45) is 23.2 Å². The topological polar surface area (TPSA) is 72.8 Å². The maximum Gasteiger partial charge on any atom is 0.340 e. The lowest BCUT2D eigenvalue weighted by Crippen LogP contribution is -2.45. The summed E-state index contributed by atoms with van der Waals surface area (Å²) in [4.78, 5) is 26.5. The Bertz CT molecular complexity index is 740. The fraction of sp³-hybridized carbons (Fsp3) is 0.897. The van der Waals surface area contributed by atoms with Gasteiger partial charge >= 0.3 is 11.9 Å². The molecular weight excluding hydrogens is 548 g/mol. The molecule has 1 N–H and O–H groups in total. The standard InChI is InChI=1S/C39H68O5/c1-3-44-38(42)36(43-2)35(37(40)41)31-39(32-25-19-13-7-4-8-14-20-26-32,33-27-21-15-9-5-10-16-22-28-33)34-29-23-17-11-6-12-18-24-30-34/h31-34,36H,3-30H2,1-2H3,(H,40,41). The lowest BCUT2D eigenvalue weighted by Gasteiger charge is -2.52. The van der Waals surface area contributed by atoms with Crippen molar-refractivity contribution in [2.45, 2.75) is 186 Å². The monoisotopic (exact) mass is 617 g/mol. The predicted molar refractivity (Wildman–Crippen MR) is 181 cm³/mol. The summed E-state index contributed by atoms with van der Waals surface area (Å²) in [6, 6.07) is 0. The Kier molecular flexibility index (Phi) is 18.1. The molecule has 0 aromatic heterocycles. The van der Waals surface area contributed by atoms with Crippen LogP contribution in [0.4, 0.5) is 0 Å². The molecule has 254 valence electrons. The van der Waals surface area contributed by atoms with E-state index in [2.05, 4.69) is 6.08 Å². The molecule has 0 saturated heterocycles. The number of carboxylic acid groups (broad SMARTS) is 1. The number of hydrogen-bond donors (Lipinski definition) is 1. The van der Waals surface area contributed by atoms with E-state index >= 15 is 0 Å². The van der Waals surface area contributed by atoms with Crippen LogP contribution in [0, 0.1) is 23.2 Å². The Morgan fingerprint density at radius 2 is 0.909 bits per heavy atom. The smallest absolute Gasteiger partial charge is 0.340 e. The first-order valence-corrected chi connectivity index (χ1v) is 19.2. The quantitative estimate of drug-likeness (QED) is 0.206. The SMILES string of the molecule is CCOC(=O)C(OC)C(=CC(C1CCCCCCCCC1)(C1CCCCCCCCC1)C1CCCCCCCCC1)C(=O)O. The Labute approximate surface area is 270 Å². The second-order valence-corrected chi connectivity index (χ2v) is 14.5. The molecule has 0 amide bonds. The molecule has 1 unspecified atom stereocenters. The van der Waals surface area contributed by atoms with Gasteiger partial charge in [-0.1, -0.05) is 141 Å². The number of carboxylic acids is 1. The summed E-state index contributed by atoms with van der Waals surface area (Å²) in [5.41, 5.74) is -0.105. The maximum atomic E-state index is 13.2. The van der Waals surface area contributed by atoms with E-state index in [4.69, 9.17) is 9.47 Å². The van der Waals surface area contributed by atoms with Crippen molar-refractivity contribution in [2.75, 3.05) is 13.7 Å². The van der Waals surface area contributed by atoms with Gasteiger partial charge in [-0.25, -0.2) is 9.59 Å². The number of esters is 1. The highest BCUT2D eigenvalue weighted by molar-refractivity contribution is 5.96. The van der Waals surface area contributed by atoms with Crippen molar-refractivity contribution < 1.29 is 24.2 Å². The third-order valence-corrected chi connectivity index (χ3v) is 11.6. The molecule has 0 aliphatic heterocycles. The summed E-state index contributed by atoms with van der Waals surface area (Å²) < 4.78 is 11.1. The van der Waals surface area contributed by atoms with Gasteiger partial charge in [-0.2, -0.15) is 0 Å². The summed E-state index contributed by atoms with van der Waals surface area (Å²) in [6.45, 7) is 1.99. The van der Waals surface area contributed by atoms with Crippen LogP contribution in [0.2, 0.25) is 0 Å². The highest BCUT2D eigenvalue weighted by Crippen LogP contribution is 2.56. The number of rotatable bonds is 9. The number of methoxy groups -OCH3 is 1. The molecule has 3 saturated carbocycles. The number of ether oxygens (including phenoxy) is 2. The van der Waals surface area contributed by atoms with E-state index in [0.717, 1.165) is 0 Å². The van der Waals surface area contributed by atoms with Gasteiger partial charge < -0.3 is 14.6 Å². The van der Waals surface area contributed by atoms with E-state index in [0.29, 0.717) is 17.8 Å². The van der Waals surface area contributed by atoms with Gasteiger partial charge in [0.1, 0.15) is 0 Å². The van der Waals surface area contributed by atoms with Crippen LogP contribution in [0.15, 0.2) is 11.6 Å². The number of carbonyl (C=O) groups excluding carboxylic acids is 1. The third kappa shape index (κ3) is 11.5. The van der Waals surface area contributed by atoms with Gasteiger partial charge in [0.05, 0.1) is 12.2 Å². The highest BCUT2D eigenvalue weighted by atomic mass is 16.6. The second kappa shape index (κ2) is 21.4. The molecule has 3 fully saturated rings. The Morgan fingerprint density at radius 3 is 1.16 bits per heavy atom. The van der Waals surface area contributed by atoms with E-state index in [1.165, 1.54) is 180 Å². The fourth-order valence-corrected chi connectivity index (χ4v) is 9.37. The first-order valence-electron chi connectivity index (χ1n) is 19.2. The molecule has 0 radical (unpaired) electrons. The molecule has 0 spiro atoms. The molecule has 3 rings (SSSR count). The zero-order chi connectivity index (χ0) is 31.5. The van der Waals surface area contributed by atoms with E-state index in [1.54, 1.807) is 6.92 Å². The van der Waals surface area contributed by atoms with Gasteiger partial charge in [-0.05, 0) is 68.6 Å². The lowest BCUT2D eigenvalue weighted by molar-refractivity contribution is -0.155. The molecule has 0 heterocycles. The maximum absolute atomic E-state index is 13.2. The van der Waals surface area contributed by atoms with Crippen molar-refractivity contribution in [1.29, 1.82) is 0 Å². The molecule has 0 bridgehead atoms. The minimum absolute atomic E-state index is 0.136. The second-order valence-electron chi connectivity index (χ2n) is 14.5. The Hall–Kier alpha value is -1.36. The van der Waals surface area contributed by atoms with E-state index in [9.17, 15) is 14.7 Å². The van der Waals surface area contributed by atoms with Gasteiger partial charge in [-0.3, -0.25) is 0 Å². The van der Waals surface area contributed by atoms with E-state index in [-0.39, 0.29) is 17.6 Å². The number of carbonyl (C=O) groups is 2. The van der Waals surface area contributed by atoms with Gasteiger partial charge in [0, 0.05) is 7.11 Å². The third-order valence-electron chi connectivity index (χ3n) is 11.6. The molecule has 0 aromatic rings. The van der Waals surface area contributed by atoms with E-state index < -0.39 is 18.0 Å². The predicted octanol–water partition coefficient (Wildman–Crippen LogP) is 11.0. The van der Waals surface area contributed by atoms with Crippen molar-refractivity contribution in [1.82, 2.24) is 0 Å². The molecule has 3 aliphatic rings. The zero-order valence-corrected chi connectivity index (χ0v) is 28.8. The van der Waals surface area contributed by atoms with Crippen LogP contribution in [0.5, 0.6) is 0 Å². The normalized spacial score (nSPS) is 23.7. The van der Waals surface area contributed by atoms with Crippen LogP contribution in [-0.2, 0) is 19.1 Å². The number of hydrogen-bond acceptors (Lipinski definition) is 4. The zero-order valence-electron chi connectivity index (χ0n) is 28.8. The van der Waals surface area contributed by atoms with Crippen molar-refractivity contribution in [3.05, 3.63) is 11.6 Å². The molecule has 1 atom stereocenters. The van der Waals surface area contributed by atoms with Crippen LogP contribution >= 0.6 is 0 Å². The van der Waals surface area contributed by atoms with Crippen LogP contribution < -0.4 is 0 Å². The lowest BCUT2D eigenvalue weighted by atomic mass is 9.52. The fourth-order valence-electron chi connectivity index (χ4n) is 9.37. The van der Waals surface area contributed by atoms with Crippen LogP contribution in [-0.4, -0.2) is 36.9 Å². The first-order chi connectivity index (χ1) is 21.5. The minimum Gasteiger partial charge on any atom is -0.478 e.